The van der Waals surface area contributed by atoms with E-state index in [1.165, 1.54) is 6.92 Å². The number of hydrogen-bond acceptors (Lipinski definition) is 4. The van der Waals surface area contributed by atoms with E-state index in [4.69, 9.17) is 11.6 Å². The first-order valence-corrected chi connectivity index (χ1v) is 12.0. The standard InChI is InChI=1S/C29H23ClN2O3/c1-16-15-24-29(21-8-4-5-9-22(21)31-28(29)35)25(27(34)18-11-13-19(30)14-12-18)26(17(2)33)32(24)23-10-6-3-7-20(16)23/h3-15,24-26H,1-2H3,(H,31,35)/t24-,25-,26-,29-/m0/s1. The van der Waals surface area contributed by atoms with Crippen LogP contribution in [0.3, 0.4) is 0 Å². The van der Waals surface area contributed by atoms with Crippen molar-refractivity contribution in [2.45, 2.75) is 31.3 Å². The summed E-state index contributed by atoms with van der Waals surface area (Å²) >= 11 is 6.09. The van der Waals surface area contributed by atoms with Gasteiger partial charge in [-0.05, 0) is 61.4 Å². The Labute approximate surface area is 208 Å². The van der Waals surface area contributed by atoms with Crippen LogP contribution in [0.4, 0.5) is 11.4 Å². The van der Waals surface area contributed by atoms with Crippen LogP contribution in [0.2, 0.25) is 5.02 Å². The third kappa shape index (κ3) is 2.85. The topological polar surface area (TPSA) is 66.5 Å². The van der Waals surface area contributed by atoms with E-state index < -0.39 is 23.4 Å². The van der Waals surface area contributed by atoms with Crippen molar-refractivity contribution in [2.24, 2.45) is 5.92 Å². The molecule has 3 aromatic carbocycles. The zero-order valence-electron chi connectivity index (χ0n) is 19.3. The molecular formula is C29H23ClN2O3. The van der Waals surface area contributed by atoms with Crippen molar-refractivity contribution in [2.75, 3.05) is 10.2 Å². The first kappa shape index (κ1) is 21.8. The molecule has 6 heteroatoms. The second-order valence-corrected chi connectivity index (χ2v) is 9.93. The van der Waals surface area contributed by atoms with E-state index in [9.17, 15) is 14.4 Å². The number of ketones is 2. The van der Waals surface area contributed by atoms with Crippen LogP contribution in [0.25, 0.3) is 5.57 Å². The van der Waals surface area contributed by atoms with Gasteiger partial charge in [0.25, 0.3) is 0 Å². The normalized spacial score (nSPS) is 26.0. The third-order valence-corrected chi connectivity index (χ3v) is 7.96. The van der Waals surface area contributed by atoms with Gasteiger partial charge in [0.2, 0.25) is 5.91 Å². The lowest BCUT2D eigenvalue weighted by atomic mass is 9.64. The molecule has 3 aliphatic rings. The van der Waals surface area contributed by atoms with Gasteiger partial charge in [-0.3, -0.25) is 14.4 Å². The molecule has 1 amide bonds. The summed E-state index contributed by atoms with van der Waals surface area (Å²) in [4.78, 5) is 43.7. The van der Waals surface area contributed by atoms with Gasteiger partial charge in [-0.2, -0.15) is 0 Å². The lowest BCUT2D eigenvalue weighted by molar-refractivity contribution is -0.122. The fourth-order valence-corrected chi connectivity index (χ4v) is 6.46. The summed E-state index contributed by atoms with van der Waals surface area (Å²) in [6, 6.07) is 20.7. The van der Waals surface area contributed by atoms with Crippen LogP contribution in [0.5, 0.6) is 0 Å². The molecule has 3 aliphatic heterocycles. The number of allylic oxidation sites excluding steroid dienone is 1. The molecule has 1 N–H and O–H groups in total. The molecular weight excluding hydrogens is 460 g/mol. The van der Waals surface area contributed by atoms with Gasteiger partial charge < -0.3 is 10.2 Å². The van der Waals surface area contributed by atoms with Gasteiger partial charge in [0.1, 0.15) is 5.41 Å². The molecule has 0 unspecified atom stereocenters. The number of hydrogen-bond donors (Lipinski definition) is 1. The Balaban J connectivity index is 1.68. The fourth-order valence-electron chi connectivity index (χ4n) is 6.33. The van der Waals surface area contributed by atoms with Crippen molar-refractivity contribution in [1.29, 1.82) is 0 Å². The number of carbonyl (C=O) groups excluding carboxylic acids is 3. The Hall–Kier alpha value is -3.70. The number of rotatable bonds is 3. The van der Waals surface area contributed by atoms with Crippen LogP contribution < -0.4 is 10.2 Å². The minimum Gasteiger partial charge on any atom is -0.352 e. The SMILES string of the molecule is CC(=O)[C@H]1[C@@H](C(=O)c2ccc(Cl)cc2)[C@@]2(C(=O)Nc3ccccc32)[C@@H]2C=C(C)c3ccccc3N21. The number of fused-ring (bicyclic) bond motifs is 6. The molecule has 5 nitrogen and oxygen atoms in total. The molecule has 3 heterocycles. The molecule has 1 saturated heterocycles. The summed E-state index contributed by atoms with van der Waals surface area (Å²) in [6.45, 7) is 3.52. The van der Waals surface area contributed by atoms with Crippen molar-refractivity contribution in [3.63, 3.8) is 0 Å². The molecule has 6 rings (SSSR count). The van der Waals surface area contributed by atoms with E-state index in [1.807, 2.05) is 60.4 Å². The van der Waals surface area contributed by atoms with Crippen LogP contribution in [0, 0.1) is 5.92 Å². The summed E-state index contributed by atoms with van der Waals surface area (Å²) < 4.78 is 0. The maximum atomic E-state index is 14.3. The largest absolute Gasteiger partial charge is 0.352 e. The molecule has 4 atom stereocenters. The highest BCUT2D eigenvalue weighted by Gasteiger charge is 2.70. The van der Waals surface area contributed by atoms with Gasteiger partial charge in [0, 0.05) is 27.5 Å². The summed E-state index contributed by atoms with van der Waals surface area (Å²) in [5, 5.41) is 3.54. The Morgan fingerprint density at radius 3 is 2.40 bits per heavy atom. The molecule has 0 radical (unpaired) electrons. The minimum atomic E-state index is -1.27. The van der Waals surface area contributed by atoms with Gasteiger partial charge in [-0.1, -0.05) is 54.1 Å². The van der Waals surface area contributed by atoms with Crippen molar-refractivity contribution >= 4 is 46.0 Å². The van der Waals surface area contributed by atoms with Crippen molar-refractivity contribution in [3.05, 3.63) is 101 Å². The van der Waals surface area contributed by atoms with Crippen LogP contribution in [-0.2, 0) is 15.0 Å². The molecule has 3 aromatic rings. The lowest BCUT2D eigenvalue weighted by Gasteiger charge is -2.39. The highest BCUT2D eigenvalue weighted by atomic mass is 35.5. The van der Waals surface area contributed by atoms with E-state index in [1.54, 1.807) is 24.3 Å². The smallest absolute Gasteiger partial charge is 0.238 e. The maximum Gasteiger partial charge on any atom is 0.238 e. The molecule has 35 heavy (non-hydrogen) atoms. The van der Waals surface area contributed by atoms with Crippen LogP contribution in [0.15, 0.2) is 78.9 Å². The molecule has 0 aliphatic carbocycles. The Bertz CT molecular complexity index is 1440. The average molecular weight is 483 g/mol. The first-order chi connectivity index (χ1) is 16.9. The molecule has 0 bridgehead atoms. The number of benzene rings is 3. The van der Waals surface area contributed by atoms with Gasteiger partial charge >= 0.3 is 0 Å². The number of nitrogens with zero attached hydrogens (tertiary/aromatic N) is 1. The quantitative estimate of drug-likeness (QED) is 0.515. The van der Waals surface area contributed by atoms with Crippen molar-refractivity contribution < 1.29 is 14.4 Å². The summed E-state index contributed by atoms with van der Waals surface area (Å²) in [7, 11) is 0. The summed E-state index contributed by atoms with van der Waals surface area (Å²) in [5.74, 6) is -1.58. The number of anilines is 2. The highest BCUT2D eigenvalue weighted by molar-refractivity contribution is 6.30. The zero-order chi connectivity index (χ0) is 24.5. The van der Waals surface area contributed by atoms with Crippen molar-refractivity contribution in [3.8, 4) is 0 Å². The van der Waals surface area contributed by atoms with E-state index in [0.29, 0.717) is 16.3 Å². The fraction of sp³-hybridized carbons (Fsp3) is 0.207. The van der Waals surface area contributed by atoms with E-state index >= 15 is 0 Å². The zero-order valence-corrected chi connectivity index (χ0v) is 20.0. The number of Topliss-reactive ketones (excluding diaryl/α,β-unsaturated/α-hetero) is 2. The van der Waals surface area contributed by atoms with Gasteiger partial charge in [0.15, 0.2) is 11.6 Å². The number of halogens is 1. The monoisotopic (exact) mass is 482 g/mol. The summed E-state index contributed by atoms with van der Waals surface area (Å²) in [6.07, 6.45) is 2.05. The van der Waals surface area contributed by atoms with Crippen LogP contribution in [0.1, 0.15) is 35.3 Å². The Morgan fingerprint density at radius 2 is 1.66 bits per heavy atom. The van der Waals surface area contributed by atoms with Gasteiger partial charge in [0.05, 0.1) is 18.0 Å². The molecule has 174 valence electrons. The lowest BCUT2D eigenvalue weighted by Crippen LogP contribution is -2.51. The predicted octanol–water partition coefficient (Wildman–Crippen LogP) is 5.29. The van der Waals surface area contributed by atoms with Crippen molar-refractivity contribution in [1.82, 2.24) is 0 Å². The minimum absolute atomic E-state index is 0.154. The second-order valence-electron chi connectivity index (χ2n) is 9.49. The second kappa shape index (κ2) is 7.65. The van der Waals surface area contributed by atoms with Crippen LogP contribution in [-0.4, -0.2) is 29.6 Å². The highest BCUT2D eigenvalue weighted by Crippen LogP contribution is 2.58. The van der Waals surface area contributed by atoms with E-state index in [-0.39, 0.29) is 17.5 Å². The van der Waals surface area contributed by atoms with Gasteiger partial charge in [-0.15, -0.1) is 0 Å². The predicted molar refractivity (Wildman–Crippen MR) is 137 cm³/mol. The average Bonchev–Trinajstić information content (AvgIpc) is 3.32. The van der Waals surface area contributed by atoms with E-state index in [0.717, 1.165) is 22.4 Å². The number of amides is 1. The summed E-state index contributed by atoms with van der Waals surface area (Å²) in [5.41, 5.74) is 3.46. The maximum absolute atomic E-state index is 14.3. The molecule has 1 fully saturated rings. The third-order valence-electron chi connectivity index (χ3n) is 7.71. The number of para-hydroxylation sites is 2. The Kier molecular flexibility index (Phi) is 4.77. The number of carbonyl (C=O) groups is 3. The molecule has 0 aromatic heterocycles. The van der Waals surface area contributed by atoms with Gasteiger partial charge in [-0.25, -0.2) is 0 Å². The Morgan fingerprint density at radius 1 is 0.971 bits per heavy atom. The first-order valence-electron chi connectivity index (χ1n) is 11.6. The molecule has 0 saturated carbocycles. The van der Waals surface area contributed by atoms with E-state index in [2.05, 4.69) is 11.4 Å². The number of nitrogens with one attached hydrogen (secondary N) is 1. The molecule has 1 spiro atoms. The van der Waals surface area contributed by atoms with Crippen LogP contribution >= 0.6 is 11.6 Å².